The lowest BCUT2D eigenvalue weighted by atomic mass is 9.90. The molecular formula is C16H20N2O4S. The Kier molecular flexibility index (Phi) is 4.66. The molecule has 1 fully saturated rings. The summed E-state index contributed by atoms with van der Waals surface area (Å²) in [5.41, 5.74) is 1.22. The van der Waals surface area contributed by atoms with Gasteiger partial charge in [0.05, 0.1) is 0 Å². The summed E-state index contributed by atoms with van der Waals surface area (Å²) in [6.45, 7) is 1.76. The molecule has 0 radical (unpaired) electrons. The molecule has 2 aliphatic carbocycles. The maximum atomic E-state index is 12.0. The maximum Gasteiger partial charge on any atom is 0.348 e. The van der Waals surface area contributed by atoms with Crippen molar-refractivity contribution in [3.63, 3.8) is 0 Å². The van der Waals surface area contributed by atoms with Gasteiger partial charge >= 0.3 is 12.0 Å². The van der Waals surface area contributed by atoms with E-state index in [-0.39, 0.29) is 6.04 Å². The van der Waals surface area contributed by atoms with Crippen molar-refractivity contribution in [1.82, 2.24) is 10.6 Å². The summed E-state index contributed by atoms with van der Waals surface area (Å²) in [6.07, 6.45) is 5.01. The molecule has 1 aromatic heterocycles. The quantitative estimate of drug-likeness (QED) is 0.824. The van der Waals surface area contributed by atoms with Crippen LogP contribution in [-0.4, -0.2) is 30.6 Å². The molecule has 1 atom stereocenters. The monoisotopic (exact) mass is 336 g/mol. The van der Waals surface area contributed by atoms with Gasteiger partial charge in [-0.2, -0.15) is 0 Å². The van der Waals surface area contributed by atoms with Gasteiger partial charge in [-0.05, 0) is 49.7 Å². The summed E-state index contributed by atoms with van der Waals surface area (Å²) in [5, 5.41) is 4.78. The number of hydrogen-bond acceptors (Lipinski definition) is 5. The number of ether oxygens (including phenoxy) is 1. The molecule has 0 aliphatic heterocycles. The molecule has 0 aromatic carbocycles. The number of fused-ring (bicyclic) bond motifs is 1. The molecule has 1 saturated carbocycles. The van der Waals surface area contributed by atoms with Crippen LogP contribution in [0.5, 0.6) is 0 Å². The normalized spacial score (nSPS) is 19.6. The molecule has 0 unspecified atom stereocenters. The molecule has 3 amide bonds. The Morgan fingerprint density at radius 3 is 2.83 bits per heavy atom. The Morgan fingerprint density at radius 2 is 2.09 bits per heavy atom. The fourth-order valence-electron chi connectivity index (χ4n) is 2.62. The van der Waals surface area contributed by atoms with E-state index in [9.17, 15) is 14.4 Å². The third-order valence-corrected chi connectivity index (χ3v) is 5.25. The topological polar surface area (TPSA) is 84.5 Å². The number of aryl methyl sites for hydroxylation is 1. The number of nitrogens with one attached hydrogen (secondary N) is 2. The number of carbonyl (C=O) groups excluding carboxylic acids is 3. The molecule has 0 bridgehead atoms. The number of amides is 3. The lowest BCUT2D eigenvalue weighted by molar-refractivity contribution is -0.123. The highest BCUT2D eigenvalue weighted by Gasteiger charge is 2.24. The molecule has 0 spiro atoms. The van der Waals surface area contributed by atoms with E-state index in [0.717, 1.165) is 32.1 Å². The van der Waals surface area contributed by atoms with Gasteiger partial charge in [0.2, 0.25) is 0 Å². The predicted octanol–water partition coefficient (Wildman–Crippen LogP) is 2.02. The Morgan fingerprint density at radius 1 is 1.30 bits per heavy atom. The first-order valence-electron chi connectivity index (χ1n) is 7.90. The van der Waals surface area contributed by atoms with Crippen LogP contribution in [-0.2, 0) is 22.4 Å². The number of thiophene rings is 1. The number of rotatable bonds is 4. The van der Waals surface area contributed by atoms with Crippen LogP contribution in [0.15, 0.2) is 6.07 Å². The Hall–Kier alpha value is -1.89. The lowest BCUT2D eigenvalue weighted by Crippen LogP contribution is -2.42. The largest absolute Gasteiger partial charge is 0.451 e. The van der Waals surface area contributed by atoms with Gasteiger partial charge in [0.25, 0.3) is 5.91 Å². The average Bonchev–Trinajstić information content (AvgIpc) is 3.20. The predicted molar refractivity (Wildman–Crippen MR) is 85.5 cm³/mol. The van der Waals surface area contributed by atoms with Gasteiger partial charge in [0.15, 0.2) is 6.61 Å². The molecule has 2 N–H and O–H groups in total. The first-order chi connectivity index (χ1) is 11.0. The van der Waals surface area contributed by atoms with Crippen molar-refractivity contribution in [3.8, 4) is 0 Å². The number of hydrogen-bond donors (Lipinski definition) is 2. The highest BCUT2D eigenvalue weighted by molar-refractivity contribution is 7.14. The first kappa shape index (κ1) is 16.0. The van der Waals surface area contributed by atoms with Crippen molar-refractivity contribution < 1.29 is 19.1 Å². The number of esters is 1. The van der Waals surface area contributed by atoms with Gasteiger partial charge in [-0.1, -0.05) is 6.92 Å². The van der Waals surface area contributed by atoms with E-state index in [1.807, 2.05) is 6.07 Å². The molecule has 1 aromatic rings. The fraction of sp³-hybridized carbons (Fsp3) is 0.562. The molecule has 6 nitrogen and oxygen atoms in total. The molecule has 7 heteroatoms. The van der Waals surface area contributed by atoms with E-state index in [0.29, 0.717) is 10.8 Å². The zero-order chi connectivity index (χ0) is 16.4. The highest BCUT2D eigenvalue weighted by atomic mass is 32.1. The summed E-state index contributed by atoms with van der Waals surface area (Å²) in [6, 6.07) is 1.51. The van der Waals surface area contributed by atoms with Gasteiger partial charge < -0.3 is 10.1 Å². The second kappa shape index (κ2) is 6.70. The van der Waals surface area contributed by atoms with Crippen molar-refractivity contribution >= 4 is 29.2 Å². The Bertz CT molecular complexity index is 636. The summed E-state index contributed by atoms with van der Waals surface area (Å²) < 4.78 is 5.00. The summed E-state index contributed by atoms with van der Waals surface area (Å²) in [7, 11) is 0. The molecule has 1 heterocycles. The maximum absolute atomic E-state index is 12.0. The van der Waals surface area contributed by atoms with E-state index in [1.54, 1.807) is 0 Å². The summed E-state index contributed by atoms with van der Waals surface area (Å²) in [5.74, 6) is -0.488. The van der Waals surface area contributed by atoms with E-state index in [1.165, 1.54) is 21.8 Å². The van der Waals surface area contributed by atoms with Crippen LogP contribution in [0.1, 0.15) is 46.3 Å². The van der Waals surface area contributed by atoms with Crippen LogP contribution in [0, 0.1) is 5.92 Å². The summed E-state index contributed by atoms with van der Waals surface area (Å²) >= 11 is 1.44. The second-order valence-electron chi connectivity index (χ2n) is 6.28. The SMILES string of the molecule is C[C@@H]1CCc2sc(C(=O)OCC(=O)NC(=O)NC3CC3)cc2C1. The van der Waals surface area contributed by atoms with Crippen molar-refractivity contribution in [2.45, 2.75) is 45.1 Å². The number of urea groups is 1. The second-order valence-corrected chi connectivity index (χ2v) is 7.42. The van der Waals surface area contributed by atoms with E-state index >= 15 is 0 Å². The zero-order valence-electron chi connectivity index (χ0n) is 13.0. The smallest absolute Gasteiger partial charge is 0.348 e. The molecule has 0 saturated heterocycles. The minimum Gasteiger partial charge on any atom is -0.451 e. The van der Waals surface area contributed by atoms with E-state index in [2.05, 4.69) is 17.6 Å². The molecule has 124 valence electrons. The third-order valence-electron chi connectivity index (χ3n) is 4.03. The van der Waals surface area contributed by atoms with Crippen molar-refractivity contribution in [2.24, 2.45) is 5.92 Å². The van der Waals surface area contributed by atoms with Gasteiger partial charge in [-0.15, -0.1) is 11.3 Å². The van der Waals surface area contributed by atoms with Crippen molar-refractivity contribution in [2.75, 3.05) is 6.61 Å². The zero-order valence-corrected chi connectivity index (χ0v) is 13.8. The molecule has 3 rings (SSSR count). The number of imide groups is 1. The van der Waals surface area contributed by atoms with E-state index < -0.39 is 24.5 Å². The first-order valence-corrected chi connectivity index (χ1v) is 8.72. The van der Waals surface area contributed by atoms with Gasteiger partial charge in [0.1, 0.15) is 4.88 Å². The van der Waals surface area contributed by atoms with Crippen LogP contribution in [0.4, 0.5) is 4.79 Å². The molecule has 2 aliphatic rings. The van der Waals surface area contributed by atoms with Crippen molar-refractivity contribution in [1.29, 1.82) is 0 Å². The van der Waals surface area contributed by atoms with Gasteiger partial charge in [0, 0.05) is 10.9 Å². The van der Waals surface area contributed by atoms with E-state index in [4.69, 9.17) is 4.74 Å². The summed E-state index contributed by atoms with van der Waals surface area (Å²) in [4.78, 5) is 36.8. The standard InChI is InChI=1S/C16H20N2O4S/c1-9-2-5-12-10(6-9)7-13(23-12)15(20)22-8-14(19)18-16(21)17-11-3-4-11/h7,9,11H,2-6,8H2,1H3,(H2,17,18,19,21)/t9-/m1/s1. The van der Waals surface area contributed by atoms with Crippen LogP contribution < -0.4 is 10.6 Å². The van der Waals surface area contributed by atoms with Crippen LogP contribution >= 0.6 is 11.3 Å². The van der Waals surface area contributed by atoms with Gasteiger partial charge in [-0.25, -0.2) is 9.59 Å². The average molecular weight is 336 g/mol. The Balaban J connectivity index is 1.47. The molecule has 23 heavy (non-hydrogen) atoms. The molecular weight excluding hydrogens is 316 g/mol. The van der Waals surface area contributed by atoms with Gasteiger partial charge in [-0.3, -0.25) is 10.1 Å². The van der Waals surface area contributed by atoms with Crippen molar-refractivity contribution in [3.05, 3.63) is 21.4 Å². The third kappa shape index (κ3) is 4.31. The highest BCUT2D eigenvalue weighted by Crippen LogP contribution is 2.32. The minimum atomic E-state index is -0.619. The minimum absolute atomic E-state index is 0.171. The number of carbonyl (C=O) groups is 3. The lowest BCUT2D eigenvalue weighted by Gasteiger charge is -2.16. The Labute approximate surface area is 138 Å². The fourth-order valence-corrected chi connectivity index (χ4v) is 3.72. The van der Waals surface area contributed by atoms with Crippen LogP contribution in [0.25, 0.3) is 0 Å². The van der Waals surface area contributed by atoms with Crippen LogP contribution in [0.3, 0.4) is 0 Å². The van der Waals surface area contributed by atoms with Crippen LogP contribution in [0.2, 0.25) is 0 Å².